The second-order valence-electron chi connectivity index (χ2n) is 4.08. The molecule has 0 aliphatic carbocycles. The van der Waals surface area contributed by atoms with Crippen molar-refractivity contribution in [3.8, 4) is 0 Å². The van der Waals surface area contributed by atoms with Crippen LogP contribution in [0.1, 0.15) is 33.6 Å². The lowest BCUT2D eigenvalue weighted by atomic mass is 9.80. The summed E-state index contributed by atoms with van der Waals surface area (Å²) in [5, 5.41) is 0. The lowest BCUT2D eigenvalue weighted by molar-refractivity contribution is -0.189. The van der Waals surface area contributed by atoms with Gasteiger partial charge in [0.25, 0.3) is 5.78 Å². The Labute approximate surface area is 102 Å². The third-order valence-electron chi connectivity index (χ3n) is 2.46. The van der Waals surface area contributed by atoms with E-state index >= 15 is 0 Å². The summed E-state index contributed by atoms with van der Waals surface area (Å²) in [7, 11) is 0. The van der Waals surface area contributed by atoms with Gasteiger partial charge in [0.15, 0.2) is 0 Å². The topological polar surface area (TPSA) is 60.4 Å². The van der Waals surface area contributed by atoms with Crippen molar-refractivity contribution in [2.75, 3.05) is 6.61 Å². The number of ether oxygens (including phenoxy) is 1. The van der Waals surface area contributed by atoms with E-state index in [0.29, 0.717) is 0 Å². The van der Waals surface area contributed by atoms with Gasteiger partial charge in [-0.3, -0.25) is 9.59 Å². The summed E-state index contributed by atoms with van der Waals surface area (Å²) in [6, 6.07) is 0. The molecule has 0 saturated carbocycles. The molecule has 0 aliphatic rings. The summed E-state index contributed by atoms with van der Waals surface area (Å²) in [5.74, 6) is -3.84. The van der Waals surface area contributed by atoms with Gasteiger partial charge in [0, 0.05) is 6.42 Å². The highest BCUT2D eigenvalue weighted by molar-refractivity contribution is 6.06. The molecule has 0 aromatic carbocycles. The zero-order valence-electron chi connectivity index (χ0n) is 10.4. The van der Waals surface area contributed by atoms with Gasteiger partial charge in [-0.15, -0.1) is 0 Å². The molecule has 7 heteroatoms. The van der Waals surface area contributed by atoms with Crippen LogP contribution in [0.3, 0.4) is 0 Å². The Bertz CT molecular complexity index is 349. The van der Waals surface area contributed by atoms with E-state index in [2.05, 4.69) is 4.74 Å². The van der Waals surface area contributed by atoms with Crippen LogP contribution in [0, 0.1) is 5.41 Å². The Morgan fingerprint density at radius 2 is 1.67 bits per heavy atom. The average molecular weight is 268 g/mol. The van der Waals surface area contributed by atoms with Gasteiger partial charge < -0.3 is 9.53 Å². The number of Topliss-reactive ketones (excluding diaryl/α,β-unsaturated/α-hetero) is 2. The quantitative estimate of drug-likeness (QED) is 0.546. The van der Waals surface area contributed by atoms with Crippen molar-refractivity contribution in [2.45, 2.75) is 39.8 Å². The van der Waals surface area contributed by atoms with Gasteiger partial charge in [0.05, 0.1) is 6.61 Å². The minimum atomic E-state index is -5.14. The van der Waals surface area contributed by atoms with Crippen molar-refractivity contribution in [1.29, 1.82) is 0 Å². The highest BCUT2D eigenvalue weighted by atomic mass is 19.4. The summed E-state index contributed by atoms with van der Waals surface area (Å²) in [6.07, 6.45) is -5.95. The lowest BCUT2D eigenvalue weighted by Gasteiger charge is -2.26. The van der Waals surface area contributed by atoms with Crippen molar-refractivity contribution in [3.05, 3.63) is 0 Å². The first kappa shape index (κ1) is 16.6. The van der Waals surface area contributed by atoms with Gasteiger partial charge in [-0.25, -0.2) is 0 Å². The summed E-state index contributed by atoms with van der Waals surface area (Å²) in [6.45, 7) is 3.30. The smallest absolute Gasteiger partial charge is 0.451 e. The van der Waals surface area contributed by atoms with Gasteiger partial charge in [-0.2, -0.15) is 13.2 Å². The molecule has 0 aromatic heterocycles. The van der Waals surface area contributed by atoms with Crippen molar-refractivity contribution in [1.82, 2.24) is 0 Å². The maximum Gasteiger partial charge on any atom is 0.451 e. The maximum atomic E-state index is 12.4. The van der Waals surface area contributed by atoms with E-state index in [0.717, 1.165) is 6.92 Å². The molecular formula is C11H15F3O4. The van der Waals surface area contributed by atoms with Gasteiger partial charge in [-0.1, -0.05) is 0 Å². The largest absolute Gasteiger partial charge is 0.465 e. The van der Waals surface area contributed by atoms with E-state index in [1.807, 2.05) is 0 Å². The van der Waals surface area contributed by atoms with Crippen LogP contribution in [-0.2, 0) is 19.1 Å². The first-order valence-electron chi connectivity index (χ1n) is 5.34. The molecule has 0 radical (unpaired) electrons. The Hall–Kier alpha value is -1.40. The number of rotatable bonds is 6. The number of halogens is 3. The van der Waals surface area contributed by atoms with Crippen LogP contribution in [0.5, 0.6) is 0 Å². The summed E-state index contributed by atoms with van der Waals surface area (Å²) in [4.78, 5) is 33.6. The van der Waals surface area contributed by atoms with Crippen LogP contribution < -0.4 is 0 Å². The van der Waals surface area contributed by atoms with Gasteiger partial charge in [0.2, 0.25) is 0 Å². The fraction of sp³-hybridized carbons (Fsp3) is 0.727. The Balaban J connectivity index is 5.21. The molecule has 0 saturated heterocycles. The van der Waals surface area contributed by atoms with Crippen LogP contribution in [0.4, 0.5) is 13.2 Å². The number of alkyl halides is 3. The number of carbonyl (C=O) groups is 3. The normalized spacial score (nSPS) is 14.8. The second-order valence-corrected chi connectivity index (χ2v) is 4.08. The minimum Gasteiger partial charge on any atom is -0.465 e. The molecule has 0 N–H and O–H groups in total. The van der Waals surface area contributed by atoms with Gasteiger partial charge in [-0.05, 0) is 27.2 Å². The van der Waals surface area contributed by atoms with Crippen molar-refractivity contribution in [3.63, 3.8) is 0 Å². The van der Waals surface area contributed by atoms with Crippen molar-refractivity contribution < 1.29 is 32.3 Å². The molecule has 18 heavy (non-hydrogen) atoms. The molecular weight excluding hydrogens is 253 g/mol. The molecule has 0 fully saturated rings. The lowest BCUT2D eigenvalue weighted by Crippen LogP contribution is -2.45. The SMILES string of the molecule is CCOC(=O)C(C)(CCC(C)=O)C(=O)C(F)(F)F. The Morgan fingerprint density at radius 1 is 1.17 bits per heavy atom. The predicted molar refractivity (Wildman–Crippen MR) is 55.7 cm³/mol. The van der Waals surface area contributed by atoms with Crippen molar-refractivity contribution >= 4 is 17.5 Å². The molecule has 1 unspecified atom stereocenters. The van der Waals surface area contributed by atoms with Gasteiger partial charge >= 0.3 is 12.1 Å². The highest BCUT2D eigenvalue weighted by Crippen LogP contribution is 2.34. The second kappa shape index (κ2) is 5.97. The molecule has 0 aliphatic heterocycles. The fourth-order valence-electron chi connectivity index (χ4n) is 1.34. The highest BCUT2D eigenvalue weighted by Gasteiger charge is 2.55. The molecule has 1 atom stereocenters. The maximum absolute atomic E-state index is 12.4. The van der Waals surface area contributed by atoms with Crippen LogP contribution in [0.2, 0.25) is 0 Å². The number of hydrogen-bond acceptors (Lipinski definition) is 4. The molecule has 0 aromatic rings. The zero-order valence-corrected chi connectivity index (χ0v) is 10.4. The average Bonchev–Trinajstić information content (AvgIpc) is 2.23. The fourth-order valence-corrected chi connectivity index (χ4v) is 1.34. The van der Waals surface area contributed by atoms with E-state index in [4.69, 9.17) is 0 Å². The third-order valence-corrected chi connectivity index (χ3v) is 2.46. The number of hydrogen-bond donors (Lipinski definition) is 0. The summed E-state index contributed by atoms with van der Waals surface area (Å²) < 4.78 is 41.8. The molecule has 0 amide bonds. The van der Waals surface area contributed by atoms with Crippen molar-refractivity contribution in [2.24, 2.45) is 5.41 Å². The third kappa shape index (κ3) is 4.12. The Kier molecular flexibility index (Phi) is 5.51. The number of ketones is 2. The monoisotopic (exact) mass is 268 g/mol. The van der Waals surface area contributed by atoms with Crippen LogP contribution in [-0.4, -0.2) is 30.3 Å². The molecule has 0 heterocycles. The summed E-state index contributed by atoms with van der Waals surface area (Å²) >= 11 is 0. The molecule has 104 valence electrons. The standard InChI is InChI=1S/C11H15F3O4/c1-4-18-9(17)10(3,6-5-7(2)15)8(16)11(12,13)14/h4-6H2,1-3H3. The number of carbonyl (C=O) groups excluding carboxylic acids is 3. The Morgan fingerprint density at radius 3 is 2.00 bits per heavy atom. The number of esters is 1. The van der Waals surface area contributed by atoms with E-state index in [1.165, 1.54) is 13.8 Å². The molecule has 0 bridgehead atoms. The zero-order chi connectivity index (χ0) is 14.6. The van der Waals surface area contributed by atoms with E-state index in [9.17, 15) is 27.6 Å². The van der Waals surface area contributed by atoms with Gasteiger partial charge in [0.1, 0.15) is 11.2 Å². The first-order valence-corrected chi connectivity index (χ1v) is 5.34. The van der Waals surface area contributed by atoms with Crippen LogP contribution in [0.15, 0.2) is 0 Å². The molecule has 4 nitrogen and oxygen atoms in total. The van der Waals surface area contributed by atoms with E-state index < -0.39 is 35.5 Å². The predicted octanol–water partition coefficient (Wildman–Crippen LogP) is 2.06. The van der Waals surface area contributed by atoms with Crippen LogP contribution in [0.25, 0.3) is 0 Å². The molecule has 0 spiro atoms. The molecule has 0 rings (SSSR count). The van der Waals surface area contributed by atoms with E-state index in [-0.39, 0.29) is 13.0 Å². The minimum absolute atomic E-state index is 0.139. The van der Waals surface area contributed by atoms with E-state index in [1.54, 1.807) is 0 Å². The summed E-state index contributed by atoms with van der Waals surface area (Å²) in [5.41, 5.74) is -2.36. The van der Waals surface area contributed by atoms with Crippen LogP contribution >= 0.6 is 0 Å². The first-order chi connectivity index (χ1) is 8.05.